The molecule has 15 heavy (non-hydrogen) atoms. The largest absolute Gasteiger partial charge is 0.373 e. The van der Waals surface area contributed by atoms with Crippen LogP contribution in [0.4, 0.5) is 0 Å². The predicted octanol–water partition coefficient (Wildman–Crippen LogP) is 2.17. The lowest BCUT2D eigenvalue weighted by Gasteiger charge is -2.44. The van der Waals surface area contributed by atoms with E-state index in [9.17, 15) is 5.26 Å². The third kappa shape index (κ3) is 0.540. The molecule has 1 aromatic carbocycles. The zero-order valence-corrected chi connectivity index (χ0v) is 8.53. The fourth-order valence-corrected chi connectivity index (χ4v) is 4.12. The summed E-state index contributed by atoms with van der Waals surface area (Å²) in [5.41, 5.74) is 2.51. The van der Waals surface area contributed by atoms with Crippen molar-refractivity contribution in [3.05, 3.63) is 35.4 Å². The number of rotatable bonds is 1. The van der Waals surface area contributed by atoms with E-state index in [-0.39, 0.29) is 11.0 Å². The Bertz CT molecular complexity index is 518. The second-order valence-electron chi connectivity index (χ2n) is 4.97. The Hall–Kier alpha value is -1.33. The summed E-state index contributed by atoms with van der Waals surface area (Å²) in [6, 6.07) is 11.0. The van der Waals surface area contributed by atoms with E-state index in [1.165, 1.54) is 11.1 Å². The molecule has 0 radical (unpaired) electrons. The van der Waals surface area contributed by atoms with Gasteiger partial charge in [0.25, 0.3) is 0 Å². The van der Waals surface area contributed by atoms with Gasteiger partial charge in [-0.05, 0) is 11.1 Å². The number of hydrogen-bond acceptors (Lipinski definition) is 2. The SMILES string of the molecule is CO[C@@]12C[C@@]3(C#N)[C@H]1[C@@H]3c1ccccc12. The van der Waals surface area contributed by atoms with Crippen molar-refractivity contribution in [3.63, 3.8) is 0 Å². The van der Waals surface area contributed by atoms with Gasteiger partial charge >= 0.3 is 0 Å². The summed E-state index contributed by atoms with van der Waals surface area (Å²) in [6.07, 6.45) is 0.902. The summed E-state index contributed by atoms with van der Waals surface area (Å²) >= 11 is 0. The maximum atomic E-state index is 9.24. The topological polar surface area (TPSA) is 33.0 Å². The second kappa shape index (κ2) is 1.96. The van der Waals surface area contributed by atoms with Crippen molar-refractivity contribution in [1.82, 2.24) is 0 Å². The van der Waals surface area contributed by atoms with Gasteiger partial charge in [0.05, 0.1) is 17.1 Å². The molecule has 2 fully saturated rings. The zero-order chi connectivity index (χ0) is 10.3. The molecular formula is C13H11NO. The van der Waals surface area contributed by atoms with E-state index < -0.39 is 0 Å². The highest BCUT2D eigenvalue weighted by Crippen LogP contribution is 2.88. The Kier molecular flexibility index (Phi) is 1.03. The van der Waals surface area contributed by atoms with Crippen LogP contribution in [0.15, 0.2) is 24.3 Å². The first-order chi connectivity index (χ1) is 7.30. The van der Waals surface area contributed by atoms with Gasteiger partial charge in [0.2, 0.25) is 0 Å². The standard InChI is InChI=1S/C13H11NO/c1-15-13-6-12(7-14)10(11(12)13)8-4-2-3-5-9(8)13/h2-5,10-11H,6H2,1H3/t10-,11+,12-,13+/m0/s1. The van der Waals surface area contributed by atoms with Gasteiger partial charge in [0.15, 0.2) is 0 Å². The Morgan fingerprint density at radius 3 is 3.00 bits per heavy atom. The first-order valence-electron chi connectivity index (χ1n) is 5.36. The van der Waals surface area contributed by atoms with Crippen LogP contribution < -0.4 is 0 Å². The molecule has 4 rings (SSSR count). The van der Waals surface area contributed by atoms with Gasteiger partial charge in [-0.1, -0.05) is 24.3 Å². The van der Waals surface area contributed by atoms with Gasteiger partial charge in [-0.3, -0.25) is 0 Å². The lowest BCUT2D eigenvalue weighted by Crippen LogP contribution is -2.44. The highest BCUT2D eigenvalue weighted by molar-refractivity contribution is 5.61. The first-order valence-corrected chi connectivity index (χ1v) is 5.36. The normalized spacial score (nSPS) is 47.5. The molecule has 0 N–H and O–H groups in total. The summed E-state index contributed by atoms with van der Waals surface area (Å²) in [4.78, 5) is 0. The number of nitriles is 1. The van der Waals surface area contributed by atoms with Crippen molar-refractivity contribution in [2.24, 2.45) is 11.3 Å². The Balaban J connectivity index is 1.98. The van der Waals surface area contributed by atoms with Crippen molar-refractivity contribution in [1.29, 1.82) is 5.26 Å². The number of fused-ring (bicyclic) bond motifs is 4. The van der Waals surface area contributed by atoms with Crippen LogP contribution >= 0.6 is 0 Å². The maximum absolute atomic E-state index is 9.24. The molecule has 0 aliphatic heterocycles. The van der Waals surface area contributed by atoms with E-state index in [0.29, 0.717) is 11.8 Å². The fourth-order valence-electron chi connectivity index (χ4n) is 4.12. The summed E-state index contributed by atoms with van der Waals surface area (Å²) < 4.78 is 5.72. The first kappa shape index (κ1) is 7.90. The minimum absolute atomic E-state index is 0.0651. The van der Waals surface area contributed by atoms with E-state index in [1.807, 2.05) is 0 Å². The Morgan fingerprint density at radius 1 is 1.47 bits per heavy atom. The van der Waals surface area contributed by atoms with Gasteiger partial charge < -0.3 is 4.74 Å². The second-order valence-corrected chi connectivity index (χ2v) is 4.97. The van der Waals surface area contributed by atoms with Gasteiger partial charge in [-0.25, -0.2) is 0 Å². The summed E-state index contributed by atoms with van der Waals surface area (Å²) in [7, 11) is 1.78. The van der Waals surface area contributed by atoms with Gasteiger partial charge in [0, 0.05) is 25.4 Å². The van der Waals surface area contributed by atoms with Crippen LogP contribution in [0.5, 0.6) is 0 Å². The van der Waals surface area contributed by atoms with Crippen LogP contribution in [0.2, 0.25) is 0 Å². The molecule has 2 nitrogen and oxygen atoms in total. The molecule has 0 saturated heterocycles. The highest BCUT2D eigenvalue weighted by atomic mass is 16.5. The number of hydrogen-bond donors (Lipinski definition) is 0. The molecule has 74 valence electrons. The number of nitrogens with zero attached hydrogens (tertiary/aromatic N) is 1. The van der Waals surface area contributed by atoms with E-state index in [0.717, 1.165) is 6.42 Å². The van der Waals surface area contributed by atoms with E-state index >= 15 is 0 Å². The van der Waals surface area contributed by atoms with Crippen LogP contribution in [0.1, 0.15) is 23.5 Å². The molecular weight excluding hydrogens is 186 g/mol. The van der Waals surface area contributed by atoms with Gasteiger partial charge in [-0.15, -0.1) is 0 Å². The molecule has 2 saturated carbocycles. The van der Waals surface area contributed by atoms with Crippen LogP contribution in [0.3, 0.4) is 0 Å². The smallest absolute Gasteiger partial charge is 0.0995 e. The third-order valence-corrected chi connectivity index (χ3v) is 4.72. The molecule has 0 bridgehead atoms. The van der Waals surface area contributed by atoms with E-state index in [1.54, 1.807) is 7.11 Å². The van der Waals surface area contributed by atoms with Crippen molar-refractivity contribution < 1.29 is 4.74 Å². The number of methoxy groups -OCH3 is 1. The van der Waals surface area contributed by atoms with Crippen molar-refractivity contribution in [2.75, 3.05) is 7.11 Å². The molecule has 4 atom stereocenters. The molecule has 0 spiro atoms. The van der Waals surface area contributed by atoms with Crippen molar-refractivity contribution in [2.45, 2.75) is 17.9 Å². The minimum Gasteiger partial charge on any atom is -0.373 e. The quantitative estimate of drug-likeness (QED) is 0.691. The Morgan fingerprint density at radius 2 is 2.27 bits per heavy atom. The van der Waals surface area contributed by atoms with Crippen molar-refractivity contribution in [3.8, 4) is 6.07 Å². The summed E-state index contributed by atoms with van der Waals surface area (Å²) in [5, 5.41) is 9.24. The highest BCUT2D eigenvalue weighted by Gasteiger charge is 2.88. The average molecular weight is 197 g/mol. The van der Waals surface area contributed by atoms with Crippen LogP contribution in [-0.4, -0.2) is 7.11 Å². The zero-order valence-electron chi connectivity index (χ0n) is 8.53. The number of benzene rings is 1. The minimum atomic E-state index is -0.114. The Labute approximate surface area is 88.5 Å². The summed E-state index contributed by atoms with van der Waals surface area (Å²) in [5.74, 6) is 0.899. The lowest BCUT2D eigenvalue weighted by atomic mass is 9.66. The number of ether oxygens (including phenoxy) is 1. The van der Waals surface area contributed by atoms with Crippen molar-refractivity contribution >= 4 is 0 Å². The fraction of sp³-hybridized carbons (Fsp3) is 0.462. The molecule has 1 aromatic rings. The molecule has 2 heteroatoms. The molecule has 0 aromatic heterocycles. The molecule has 3 aliphatic rings. The van der Waals surface area contributed by atoms with Crippen LogP contribution in [0, 0.1) is 22.7 Å². The lowest BCUT2D eigenvalue weighted by molar-refractivity contribution is -0.104. The van der Waals surface area contributed by atoms with Gasteiger partial charge in [0.1, 0.15) is 0 Å². The average Bonchev–Trinajstić information content (AvgIpc) is 2.74. The monoisotopic (exact) mass is 197 g/mol. The predicted molar refractivity (Wildman–Crippen MR) is 54.0 cm³/mol. The van der Waals surface area contributed by atoms with Gasteiger partial charge in [-0.2, -0.15) is 5.26 Å². The molecule has 0 heterocycles. The van der Waals surface area contributed by atoms with E-state index in [2.05, 4.69) is 30.3 Å². The maximum Gasteiger partial charge on any atom is 0.0995 e. The molecule has 0 unspecified atom stereocenters. The molecule has 0 amide bonds. The molecule has 3 aliphatic carbocycles. The summed E-state index contributed by atoms with van der Waals surface area (Å²) in [6.45, 7) is 0. The van der Waals surface area contributed by atoms with Crippen LogP contribution in [0.25, 0.3) is 0 Å². The third-order valence-electron chi connectivity index (χ3n) is 4.72. The van der Waals surface area contributed by atoms with Crippen LogP contribution in [-0.2, 0) is 10.3 Å². The van der Waals surface area contributed by atoms with E-state index in [4.69, 9.17) is 4.74 Å².